The van der Waals surface area contributed by atoms with Crippen molar-refractivity contribution in [2.45, 2.75) is 39.3 Å². The van der Waals surface area contributed by atoms with Gasteiger partial charge in [0.25, 0.3) is 0 Å². The lowest BCUT2D eigenvalue weighted by Crippen LogP contribution is -2.28. The smallest absolute Gasteiger partial charge is 0.220 e. The summed E-state index contributed by atoms with van der Waals surface area (Å²) in [7, 11) is 0. The van der Waals surface area contributed by atoms with Crippen LogP contribution in [0.4, 0.5) is 0 Å². The van der Waals surface area contributed by atoms with Crippen LogP contribution >= 0.6 is 0 Å². The molecule has 3 heterocycles. The van der Waals surface area contributed by atoms with Crippen LogP contribution in [0.1, 0.15) is 38.4 Å². The zero-order chi connectivity index (χ0) is 14.8. The van der Waals surface area contributed by atoms with Crippen molar-refractivity contribution >= 4 is 5.91 Å². The van der Waals surface area contributed by atoms with E-state index < -0.39 is 0 Å². The largest absolute Gasteiger partial charge is 0.334 e. The molecule has 2 aromatic rings. The van der Waals surface area contributed by atoms with Gasteiger partial charge in [-0.15, -0.1) is 0 Å². The van der Waals surface area contributed by atoms with Gasteiger partial charge < -0.3 is 4.90 Å². The van der Waals surface area contributed by atoms with Gasteiger partial charge in [-0.3, -0.25) is 19.4 Å². The predicted molar refractivity (Wildman–Crippen MR) is 78.3 cm³/mol. The Bertz CT molecular complexity index is 634. The molecular formula is C15H19N5O. The Kier molecular flexibility index (Phi) is 3.68. The molecule has 1 aliphatic heterocycles. The van der Waals surface area contributed by atoms with E-state index in [1.807, 2.05) is 22.6 Å². The third kappa shape index (κ3) is 2.53. The standard InChI is InChI=1S/C15H19N5O/c1-3-20-15(6-7-18-20)13-10-16-12(9-17-13)14-5-4-8-19(14)11(2)21/h6-7,9-10,14H,3-5,8H2,1-2H3/t14-/m1/s1. The lowest BCUT2D eigenvalue weighted by molar-refractivity contribution is -0.129. The summed E-state index contributed by atoms with van der Waals surface area (Å²) in [5, 5.41) is 4.24. The second kappa shape index (κ2) is 5.63. The molecule has 0 spiro atoms. The van der Waals surface area contributed by atoms with Crippen LogP contribution in [0.2, 0.25) is 0 Å². The van der Waals surface area contributed by atoms with Crippen LogP contribution in [0.25, 0.3) is 11.4 Å². The summed E-state index contributed by atoms with van der Waals surface area (Å²) in [6.07, 6.45) is 7.31. The fraction of sp³-hybridized carbons (Fsp3) is 0.467. The molecule has 0 aromatic carbocycles. The number of carbonyl (C=O) groups excluding carboxylic acids is 1. The van der Waals surface area contributed by atoms with Crippen molar-refractivity contribution in [3.63, 3.8) is 0 Å². The van der Waals surface area contributed by atoms with E-state index in [0.717, 1.165) is 43.0 Å². The van der Waals surface area contributed by atoms with Crippen molar-refractivity contribution in [2.24, 2.45) is 0 Å². The first-order chi connectivity index (χ1) is 10.2. The molecule has 0 unspecified atom stereocenters. The summed E-state index contributed by atoms with van der Waals surface area (Å²) in [6, 6.07) is 2.00. The third-order valence-electron chi connectivity index (χ3n) is 3.95. The molecule has 1 aliphatic rings. The number of amides is 1. The quantitative estimate of drug-likeness (QED) is 0.865. The highest BCUT2D eigenvalue weighted by Crippen LogP contribution is 2.30. The van der Waals surface area contributed by atoms with Gasteiger partial charge in [-0.05, 0) is 25.8 Å². The van der Waals surface area contributed by atoms with E-state index in [0.29, 0.717) is 0 Å². The normalized spacial score (nSPS) is 18.2. The molecule has 0 aliphatic carbocycles. The van der Waals surface area contributed by atoms with E-state index in [2.05, 4.69) is 15.1 Å². The van der Waals surface area contributed by atoms with Crippen LogP contribution in [0.3, 0.4) is 0 Å². The molecule has 2 aromatic heterocycles. The number of hydrogen-bond acceptors (Lipinski definition) is 4. The number of hydrogen-bond donors (Lipinski definition) is 0. The molecule has 0 saturated carbocycles. The minimum atomic E-state index is 0.0696. The number of aryl methyl sites for hydroxylation is 1. The van der Waals surface area contributed by atoms with E-state index in [-0.39, 0.29) is 11.9 Å². The van der Waals surface area contributed by atoms with Gasteiger partial charge >= 0.3 is 0 Å². The average Bonchev–Trinajstić information content (AvgIpc) is 3.16. The van der Waals surface area contributed by atoms with Gasteiger partial charge in [0, 0.05) is 26.2 Å². The first-order valence-corrected chi connectivity index (χ1v) is 7.32. The van der Waals surface area contributed by atoms with Crippen LogP contribution < -0.4 is 0 Å². The minimum absolute atomic E-state index is 0.0696. The van der Waals surface area contributed by atoms with Gasteiger partial charge in [0.2, 0.25) is 5.91 Å². The summed E-state index contributed by atoms with van der Waals surface area (Å²) in [6.45, 7) is 5.26. The molecule has 21 heavy (non-hydrogen) atoms. The SMILES string of the molecule is CCn1nccc1-c1cnc([C@H]2CCCN2C(C)=O)cn1. The Hall–Kier alpha value is -2.24. The van der Waals surface area contributed by atoms with E-state index >= 15 is 0 Å². The lowest BCUT2D eigenvalue weighted by atomic mass is 10.1. The molecular weight excluding hydrogens is 266 g/mol. The number of rotatable bonds is 3. The molecule has 1 amide bonds. The van der Waals surface area contributed by atoms with Crippen LogP contribution in [0.15, 0.2) is 24.7 Å². The van der Waals surface area contributed by atoms with Crippen molar-refractivity contribution in [2.75, 3.05) is 6.54 Å². The van der Waals surface area contributed by atoms with Gasteiger partial charge in [-0.25, -0.2) is 0 Å². The molecule has 3 rings (SSSR count). The fourth-order valence-corrected chi connectivity index (χ4v) is 2.90. The van der Waals surface area contributed by atoms with Crippen LogP contribution in [-0.4, -0.2) is 37.1 Å². The zero-order valence-electron chi connectivity index (χ0n) is 12.4. The summed E-state index contributed by atoms with van der Waals surface area (Å²) in [5.41, 5.74) is 2.64. The topological polar surface area (TPSA) is 63.9 Å². The molecule has 6 nitrogen and oxygen atoms in total. The summed E-state index contributed by atoms with van der Waals surface area (Å²) in [5.74, 6) is 0.104. The summed E-state index contributed by atoms with van der Waals surface area (Å²) in [4.78, 5) is 22.5. The highest BCUT2D eigenvalue weighted by atomic mass is 16.2. The number of aromatic nitrogens is 4. The number of carbonyl (C=O) groups is 1. The molecule has 6 heteroatoms. The van der Waals surface area contributed by atoms with Crippen molar-refractivity contribution in [3.05, 3.63) is 30.4 Å². The fourth-order valence-electron chi connectivity index (χ4n) is 2.90. The van der Waals surface area contributed by atoms with Crippen molar-refractivity contribution in [3.8, 4) is 11.4 Å². The summed E-state index contributed by atoms with van der Waals surface area (Å²) < 4.78 is 1.89. The van der Waals surface area contributed by atoms with Gasteiger partial charge in [0.05, 0.1) is 29.8 Å². The lowest BCUT2D eigenvalue weighted by Gasteiger charge is -2.22. The molecule has 1 atom stereocenters. The Morgan fingerprint density at radius 1 is 1.38 bits per heavy atom. The molecule has 0 N–H and O–H groups in total. The molecule has 1 saturated heterocycles. The average molecular weight is 285 g/mol. The minimum Gasteiger partial charge on any atom is -0.334 e. The van der Waals surface area contributed by atoms with Gasteiger partial charge in [-0.1, -0.05) is 0 Å². The van der Waals surface area contributed by atoms with E-state index in [1.165, 1.54) is 0 Å². The van der Waals surface area contributed by atoms with Crippen LogP contribution in [0.5, 0.6) is 0 Å². The first-order valence-electron chi connectivity index (χ1n) is 7.32. The second-order valence-corrected chi connectivity index (χ2v) is 5.23. The van der Waals surface area contributed by atoms with Crippen LogP contribution in [0, 0.1) is 0 Å². The Morgan fingerprint density at radius 2 is 2.24 bits per heavy atom. The first kappa shape index (κ1) is 13.7. The van der Waals surface area contributed by atoms with Gasteiger partial charge in [0.15, 0.2) is 0 Å². The Labute approximate surface area is 123 Å². The molecule has 1 fully saturated rings. The molecule has 0 radical (unpaired) electrons. The van der Waals surface area contributed by atoms with Gasteiger partial charge in [-0.2, -0.15) is 5.10 Å². The van der Waals surface area contributed by atoms with Gasteiger partial charge in [0.1, 0.15) is 5.69 Å². The van der Waals surface area contributed by atoms with E-state index in [1.54, 1.807) is 25.5 Å². The van der Waals surface area contributed by atoms with Crippen LogP contribution in [-0.2, 0) is 11.3 Å². The second-order valence-electron chi connectivity index (χ2n) is 5.23. The van der Waals surface area contributed by atoms with E-state index in [9.17, 15) is 4.79 Å². The maximum atomic E-state index is 11.6. The Morgan fingerprint density at radius 3 is 2.90 bits per heavy atom. The van der Waals surface area contributed by atoms with Crippen molar-refractivity contribution in [1.82, 2.24) is 24.6 Å². The molecule has 0 bridgehead atoms. The summed E-state index contributed by atoms with van der Waals surface area (Å²) >= 11 is 0. The number of nitrogens with zero attached hydrogens (tertiary/aromatic N) is 5. The monoisotopic (exact) mass is 285 g/mol. The Balaban J connectivity index is 1.86. The third-order valence-corrected chi connectivity index (χ3v) is 3.95. The molecule has 110 valence electrons. The maximum Gasteiger partial charge on any atom is 0.220 e. The zero-order valence-corrected chi connectivity index (χ0v) is 12.4. The number of likely N-dealkylation sites (tertiary alicyclic amines) is 1. The highest BCUT2D eigenvalue weighted by Gasteiger charge is 2.29. The maximum absolute atomic E-state index is 11.6. The van der Waals surface area contributed by atoms with E-state index in [4.69, 9.17) is 0 Å². The highest BCUT2D eigenvalue weighted by molar-refractivity contribution is 5.74. The van der Waals surface area contributed by atoms with Crippen molar-refractivity contribution < 1.29 is 4.79 Å². The van der Waals surface area contributed by atoms with Crippen molar-refractivity contribution in [1.29, 1.82) is 0 Å². The predicted octanol–water partition coefficient (Wildman–Crippen LogP) is 2.04.